The van der Waals surface area contributed by atoms with Gasteiger partial charge in [-0.15, -0.1) is 0 Å². The highest BCUT2D eigenvalue weighted by atomic mass is 28.4. The van der Waals surface area contributed by atoms with Crippen LogP contribution in [0.1, 0.15) is 31.9 Å². The maximum atomic E-state index is 14.7. The molecule has 0 amide bonds. The molecule has 0 aliphatic rings. The molecule has 0 spiro atoms. The van der Waals surface area contributed by atoms with E-state index in [0.29, 0.717) is 36.6 Å². The van der Waals surface area contributed by atoms with Crippen LogP contribution in [0.4, 0.5) is 4.39 Å². The van der Waals surface area contributed by atoms with Crippen LogP contribution in [0.3, 0.4) is 0 Å². The van der Waals surface area contributed by atoms with Crippen LogP contribution in [0.5, 0.6) is 0 Å². The molecule has 0 aliphatic heterocycles. The fourth-order valence-corrected chi connectivity index (χ4v) is 10.6. The van der Waals surface area contributed by atoms with Gasteiger partial charge in [-0.1, -0.05) is 81.4 Å². The van der Waals surface area contributed by atoms with Crippen molar-refractivity contribution in [2.75, 3.05) is 6.61 Å². The molecule has 44 heavy (non-hydrogen) atoms. The molecule has 6 aromatic rings. The van der Waals surface area contributed by atoms with Gasteiger partial charge in [-0.05, 0) is 33.1 Å². The number of aromatic nitrogens is 5. The maximum Gasteiger partial charge on any atom is 0.261 e. The van der Waals surface area contributed by atoms with Gasteiger partial charge in [0.15, 0.2) is 0 Å². The highest BCUT2D eigenvalue weighted by Crippen LogP contribution is 2.37. The molecule has 0 radical (unpaired) electrons. The lowest BCUT2D eigenvalue weighted by molar-refractivity contribution is 0.283. The zero-order valence-corrected chi connectivity index (χ0v) is 26.0. The van der Waals surface area contributed by atoms with E-state index < -0.39 is 14.1 Å². The Kier molecular flexibility index (Phi) is 7.95. The van der Waals surface area contributed by atoms with Gasteiger partial charge < -0.3 is 13.6 Å². The van der Waals surface area contributed by atoms with E-state index in [2.05, 4.69) is 79.3 Å². The first-order valence-electron chi connectivity index (χ1n) is 14.5. The lowest BCUT2D eigenvalue weighted by Gasteiger charge is -2.43. The van der Waals surface area contributed by atoms with E-state index in [4.69, 9.17) is 9.41 Å². The van der Waals surface area contributed by atoms with Crippen molar-refractivity contribution in [1.29, 1.82) is 5.26 Å². The van der Waals surface area contributed by atoms with Gasteiger partial charge >= 0.3 is 0 Å². The zero-order valence-electron chi connectivity index (χ0n) is 25.0. The quantitative estimate of drug-likeness (QED) is 0.192. The van der Waals surface area contributed by atoms with Gasteiger partial charge in [0.05, 0.1) is 36.1 Å². The van der Waals surface area contributed by atoms with Crippen molar-refractivity contribution in [3.63, 3.8) is 0 Å². The Morgan fingerprint density at radius 3 is 2.25 bits per heavy atom. The van der Waals surface area contributed by atoms with Crippen molar-refractivity contribution in [3.8, 4) is 17.5 Å². The van der Waals surface area contributed by atoms with Gasteiger partial charge in [0.25, 0.3) is 8.32 Å². The molecule has 0 unspecified atom stereocenters. The number of nitrogens with zero attached hydrogens (tertiary/aromatic N) is 6. The van der Waals surface area contributed by atoms with Crippen molar-refractivity contribution in [3.05, 3.63) is 127 Å². The first-order chi connectivity index (χ1) is 21.3. The minimum absolute atomic E-state index is 0.0231. The number of pyridine rings is 1. The van der Waals surface area contributed by atoms with Crippen molar-refractivity contribution in [2.24, 2.45) is 0 Å². The molecule has 3 heterocycles. The van der Waals surface area contributed by atoms with Crippen LogP contribution >= 0.6 is 0 Å². The summed E-state index contributed by atoms with van der Waals surface area (Å²) in [5, 5.41) is 11.8. The minimum atomic E-state index is -2.79. The van der Waals surface area contributed by atoms with Crippen LogP contribution in [0.15, 0.2) is 110 Å². The summed E-state index contributed by atoms with van der Waals surface area (Å²) in [6.45, 7) is 8.17. The van der Waals surface area contributed by atoms with Crippen LogP contribution in [0.2, 0.25) is 5.04 Å². The lowest BCUT2D eigenvalue weighted by atomic mass is 10.2. The highest BCUT2D eigenvalue weighted by Gasteiger charge is 2.50. The second-order valence-corrected chi connectivity index (χ2v) is 16.2. The van der Waals surface area contributed by atoms with Gasteiger partial charge in [0, 0.05) is 43.0 Å². The molecule has 9 heteroatoms. The first-order valence-corrected chi connectivity index (χ1v) is 16.5. The maximum absolute atomic E-state index is 14.7. The molecule has 7 nitrogen and oxygen atoms in total. The van der Waals surface area contributed by atoms with Crippen LogP contribution in [-0.2, 0) is 17.5 Å². The molecule has 0 saturated heterocycles. The SMILES string of the molecule is CC(C)(C)[Si](OCCn1c(-c2cncc(Cn3ccnc3)c2)nc2cc(F)c(C#N)cc21)(c1ccccc1)c1ccccc1. The Hall–Kier alpha value is -4.91. The molecule has 0 atom stereocenters. The smallest absolute Gasteiger partial charge is 0.261 e. The summed E-state index contributed by atoms with van der Waals surface area (Å²) in [6.07, 6.45) is 8.98. The Morgan fingerprint density at radius 1 is 0.932 bits per heavy atom. The lowest BCUT2D eigenvalue weighted by Crippen LogP contribution is -2.66. The number of nitriles is 1. The largest absolute Gasteiger partial charge is 0.406 e. The van der Waals surface area contributed by atoms with Gasteiger partial charge in [-0.3, -0.25) is 4.98 Å². The molecule has 0 saturated carbocycles. The monoisotopic (exact) mass is 600 g/mol. The fraction of sp³-hybridized carbons (Fsp3) is 0.200. The number of rotatable bonds is 9. The summed E-state index contributed by atoms with van der Waals surface area (Å²) in [4.78, 5) is 13.5. The van der Waals surface area contributed by atoms with Gasteiger partial charge in [-0.25, -0.2) is 14.4 Å². The number of hydrogen-bond donors (Lipinski definition) is 0. The number of halogens is 1. The highest BCUT2D eigenvalue weighted by molar-refractivity contribution is 6.99. The topological polar surface area (TPSA) is 81.6 Å². The normalized spacial score (nSPS) is 12.0. The zero-order chi connectivity index (χ0) is 30.7. The molecule has 220 valence electrons. The number of benzene rings is 3. The molecule has 3 aromatic carbocycles. The second-order valence-electron chi connectivity index (χ2n) is 11.8. The summed E-state index contributed by atoms with van der Waals surface area (Å²) in [6, 6.07) is 27.9. The number of imidazole rings is 2. The summed E-state index contributed by atoms with van der Waals surface area (Å²) in [7, 11) is -2.79. The second kappa shape index (κ2) is 12.0. The Labute approximate surface area is 257 Å². The Morgan fingerprint density at radius 2 is 1.64 bits per heavy atom. The van der Waals surface area contributed by atoms with E-state index >= 15 is 0 Å². The molecule has 0 N–H and O–H groups in total. The number of hydrogen-bond acceptors (Lipinski definition) is 5. The van der Waals surface area contributed by atoms with Crippen LogP contribution < -0.4 is 10.4 Å². The van der Waals surface area contributed by atoms with E-state index in [-0.39, 0.29) is 10.6 Å². The molecule has 6 rings (SSSR count). The van der Waals surface area contributed by atoms with Crippen molar-refractivity contribution in [1.82, 2.24) is 24.1 Å². The van der Waals surface area contributed by atoms with Gasteiger partial charge in [0.1, 0.15) is 17.7 Å². The van der Waals surface area contributed by atoms with Crippen LogP contribution in [0, 0.1) is 17.1 Å². The molecule has 0 aliphatic carbocycles. The molecule has 0 bridgehead atoms. The Balaban J connectivity index is 1.42. The van der Waals surface area contributed by atoms with E-state index in [1.807, 2.05) is 45.8 Å². The summed E-state index contributed by atoms with van der Waals surface area (Å²) in [5.41, 5.74) is 2.89. The van der Waals surface area contributed by atoms with E-state index in [1.165, 1.54) is 16.4 Å². The minimum Gasteiger partial charge on any atom is -0.406 e. The average Bonchev–Trinajstić information content (AvgIpc) is 3.67. The fourth-order valence-electron chi connectivity index (χ4n) is 6.02. The third-order valence-corrected chi connectivity index (χ3v) is 13.0. The van der Waals surface area contributed by atoms with Crippen molar-refractivity contribution < 1.29 is 8.82 Å². The molecular weight excluding hydrogens is 568 g/mol. The average molecular weight is 601 g/mol. The Bertz CT molecular complexity index is 1890. The molecule has 0 fully saturated rings. The standard InChI is InChI=1S/C35H33FN6OSi/c1-35(2,3)44(29-10-6-4-7-11-29,30-12-8-5-9-13-30)43-17-16-42-33-19-27(21-37)31(36)20-32(33)40-34(42)28-18-26(22-39-23-28)24-41-15-14-38-25-41/h4-15,18-20,22-23,25H,16-17,24H2,1-3H3. The predicted octanol–water partition coefficient (Wildman–Crippen LogP) is 5.93. The van der Waals surface area contributed by atoms with Crippen LogP contribution in [-0.4, -0.2) is 39.0 Å². The molecule has 3 aromatic heterocycles. The predicted molar refractivity (Wildman–Crippen MR) is 173 cm³/mol. The van der Waals surface area contributed by atoms with Gasteiger partial charge in [-0.2, -0.15) is 5.26 Å². The third-order valence-electron chi connectivity index (χ3n) is 7.99. The summed E-state index contributed by atoms with van der Waals surface area (Å²) >= 11 is 0. The third kappa shape index (κ3) is 5.46. The van der Waals surface area contributed by atoms with E-state index in [9.17, 15) is 9.65 Å². The number of fused-ring (bicyclic) bond motifs is 1. The molecular formula is C35H33FN6OSi. The van der Waals surface area contributed by atoms with Crippen molar-refractivity contribution >= 4 is 29.7 Å². The van der Waals surface area contributed by atoms with Crippen LogP contribution in [0.25, 0.3) is 22.4 Å². The van der Waals surface area contributed by atoms with E-state index in [1.54, 1.807) is 24.8 Å². The van der Waals surface area contributed by atoms with Crippen molar-refractivity contribution in [2.45, 2.75) is 38.9 Å². The van der Waals surface area contributed by atoms with Gasteiger partial charge in [0.2, 0.25) is 0 Å². The first kappa shape index (κ1) is 29.2. The summed E-state index contributed by atoms with van der Waals surface area (Å²) < 4.78 is 25.9. The summed E-state index contributed by atoms with van der Waals surface area (Å²) in [5.74, 6) is 0.0484. The van der Waals surface area contributed by atoms with E-state index in [0.717, 1.165) is 11.1 Å².